The summed E-state index contributed by atoms with van der Waals surface area (Å²) in [5, 5.41) is 5.56. The second kappa shape index (κ2) is 11.2. The Balaban J connectivity index is 1.82. The Labute approximate surface area is 206 Å². The van der Waals surface area contributed by atoms with Crippen LogP contribution >= 0.6 is 0 Å². The van der Waals surface area contributed by atoms with E-state index in [9.17, 15) is 18.0 Å². The second-order valence-corrected chi connectivity index (χ2v) is 10.4. The van der Waals surface area contributed by atoms with Crippen molar-refractivity contribution in [3.8, 4) is 0 Å². The number of benzene rings is 3. The monoisotopic (exact) mass is 494 g/mol. The number of rotatable bonds is 9. The number of carbonyl (C=O) groups is 2. The van der Waals surface area contributed by atoms with Crippen molar-refractivity contribution in [2.75, 3.05) is 30.3 Å². The highest BCUT2D eigenvalue weighted by Crippen LogP contribution is 2.25. The van der Waals surface area contributed by atoms with E-state index in [-0.39, 0.29) is 11.5 Å². The van der Waals surface area contributed by atoms with Crippen LogP contribution in [0.5, 0.6) is 0 Å². The molecule has 184 valence electrons. The van der Waals surface area contributed by atoms with Gasteiger partial charge in [0.1, 0.15) is 6.54 Å². The Morgan fingerprint density at radius 3 is 2.23 bits per heavy atom. The zero-order valence-corrected chi connectivity index (χ0v) is 21.1. The summed E-state index contributed by atoms with van der Waals surface area (Å²) in [5.74, 6) is -0.920. The van der Waals surface area contributed by atoms with Gasteiger partial charge in [-0.05, 0) is 48.7 Å². The molecule has 3 aromatic rings. The van der Waals surface area contributed by atoms with E-state index >= 15 is 0 Å². The largest absolute Gasteiger partial charge is 0.348 e. The number of hydrogen-bond donors (Lipinski definition) is 2. The lowest BCUT2D eigenvalue weighted by molar-refractivity contribution is -0.114. The van der Waals surface area contributed by atoms with E-state index in [1.54, 1.807) is 37.3 Å². The van der Waals surface area contributed by atoms with Crippen molar-refractivity contribution in [3.05, 3.63) is 95.1 Å². The molecule has 0 aliphatic rings. The number of carbonyl (C=O) groups excluding carboxylic acids is 2. The first-order valence-corrected chi connectivity index (χ1v) is 12.5. The summed E-state index contributed by atoms with van der Waals surface area (Å²) in [5.41, 5.74) is 3.53. The van der Waals surface area contributed by atoms with E-state index in [1.807, 2.05) is 49.4 Å². The molecule has 3 aromatic carbocycles. The zero-order chi connectivity index (χ0) is 25.6. The van der Waals surface area contributed by atoms with Crippen molar-refractivity contribution in [3.63, 3.8) is 0 Å². The minimum absolute atomic E-state index is 0.283. The Hall–Kier alpha value is -3.69. The van der Waals surface area contributed by atoms with Crippen LogP contribution in [0.4, 0.5) is 11.4 Å². The molecule has 0 bridgehead atoms. The van der Waals surface area contributed by atoms with Crippen LogP contribution in [0.1, 0.15) is 27.0 Å². The zero-order valence-electron chi connectivity index (χ0n) is 20.3. The van der Waals surface area contributed by atoms with E-state index < -0.39 is 22.7 Å². The highest BCUT2D eigenvalue weighted by Gasteiger charge is 2.29. The molecule has 0 atom stereocenters. The third-order valence-electron chi connectivity index (χ3n) is 5.40. The maximum Gasteiger partial charge on any atom is 0.304 e. The highest BCUT2D eigenvalue weighted by atomic mass is 32.2. The van der Waals surface area contributed by atoms with Crippen LogP contribution in [-0.2, 0) is 21.5 Å². The molecular formula is C26H30N4O4S. The van der Waals surface area contributed by atoms with Crippen LogP contribution in [-0.4, -0.2) is 45.2 Å². The third kappa shape index (κ3) is 6.46. The van der Waals surface area contributed by atoms with Crippen molar-refractivity contribution in [2.45, 2.75) is 20.4 Å². The predicted octanol–water partition coefficient (Wildman–Crippen LogP) is 3.48. The molecule has 0 heterocycles. The maximum atomic E-state index is 13.1. The minimum atomic E-state index is -3.96. The number of nitrogens with one attached hydrogen (secondary N) is 2. The van der Waals surface area contributed by atoms with Gasteiger partial charge in [-0.3, -0.25) is 9.59 Å². The molecule has 0 spiro atoms. The number of aryl methyl sites for hydroxylation is 2. The van der Waals surface area contributed by atoms with Gasteiger partial charge in [0, 0.05) is 20.6 Å². The molecule has 9 heteroatoms. The average molecular weight is 495 g/mol. The van der Waals surface area contributed by atoms with Crippen LogP contribution in [0.3, 0.4) is 0 Å². The van der Waals surface area contributed by atoms with Crippen LogP contribution in [0.2, 0.25) is 0 Å². The molecular weight excluding hydrogens is 464 g/mol. The summed E-state index contributed by atoms with van der Waals surface area (Å²) >= 11 is 0. The van der Waals surface area contributed by atoms with Gasteiger partial charge in [0.05, 0.1) is 16.9 Å². The molecule has 0 fully saturated rings. The van der Waals surface area contributed by atoms with Gasteiger partial charge < -0.3 is 10.6 Å². The molecule has 0 radical (unpaired) electrons. The number of nitrogens with zero attached hydrogens (tertiary/aromatic N) is 2. The van der Waals surface area contributed by atoms with E-state index in [4.69, 9.17) is 0 Å². The molecule has 2 amide bonds. The molecule has 0 aliphatic carbocycles. The van der Waals surface area contributed by atoms with Crippen LogP contribution in [0.25, 0.3) is 0 Å². The molecule has 0 aromatic heterocycles. The van der Waals surface area contributed by atoms with Gasteiger partial charge in [0.25, 0.3) is 5.91 Å². The smallest absolute Gasteiger partial charge is 0.304 e. The summed E-state index contributed by atoms with van der Waals surface area (Å²) in [4.78, 5) is 25.9. The van der Waals surface area contributed by atoms with Gasteiger partial charge in [-0.2, -0.15) is 12.7 Å². The van der Waals surface area contributed by atoms with Crippen molar-refractivity contribution >= 4 is 33.4 Å². The van der Waals surface area contributed by atoms with Gasteiger partial charge in [-0.25, -0.2) is 4.31 Å². The Kier molecular flexibility index (Phi) is 8.26. The van der Waals surface area contributed by atoms with Gasteiger partial charge in [0.2, 0.25) is 5.91 Å². The van der Waals surface area contributed by atoms with E-state index in [0.717, 1.165) is 25.3 Å². The fourth-order valence-electron chi connectivity index (χ4n) is 3.46. The number of amides is 2. The van der Waals surface area contributed by atoms with Crippen LogP contribution in [0, 0.1) is 13.8 Å². The van der Waals surface area contributed by atoms with Gasteiger partial charge >= 0.3 is 10.2 Å². The fraction of sp³-hybridized carbons (Fsp3) is 0.231. The maximum absolute atomic E-state index is 13.1. The molecule has 0 saturated carbocycles. The number of anilines is 2. The SMILES string of the molecule is Cc1ccc(C)c(N(CC(=O)Nc2ccccc2C(=O)NCc2ccccc2)S(=O)(=O)N(C)C)c1. The molecule has 2 N–H and O–H groups in total. The van der Waals surface area contributed by atoms with E-state index in [1.165, 1.54) is 14.1 Å². The topological polar surface area (TPSA) is 98.8 Å². The van der Waals surface area contributed by atoms with Crippen molar-refractivity contribution < 1.29 is 18.0 Å². The first kappa shape index (κ1) is 25.9. The van der Waals surface area contributed by atoms with E-state index in [2.05, 4.69) is 10.6 Å². The fourth-order valence-corrected chi connectivity index (χ4v) is 4.58. The van der Waals surface area contributed by atoms with Gasteiger partial charge in [-0.15, -0.1) is 0 Å². The standard InChI is InChI=1S/C26H30N4O4S/c1-19-14-15-20(2)24(16-19)30(35(33,34)29(3)4)18-25(31)28-23-13-9-8-12-22(23)26(32)27-17-21-10-6-5-7-11-21/h5-16H,17-18H2,1-4H3,(H,27,32)(H,28,31). The summed E-state index contributed by atoms with van der Waals surface area (Å²) in [6, 6.07) is 21.5. The molecule has 0 saturated heterocycles. The predicted molar refractivity (Wildman–Crippen MR) is 139 cm³/mol. The highest BCUT2D eigenvalue weighted by molar-refractivity contribution is 7.90. The lowest BCUT2D eigenvalue weighted by Crippen LogP contribution is -2.44. The second-order valence-electron chi connectivity index (χ2n) is 8.35. The number of para-hydroxylation sites is 1. The summed E-state index contributed by atoms with van der Waals surface area (Å²) in [6.07, 6.45) is 0. The lowest BCUT2D eigenvalue weighted by atomic mass is 10.1. The molecule has 3 rings (SSSR count). The minimum Gasteiger partial charge on any atom is -0.348 e. The third-order valence-corrected chi connectivity index (χ3v) is 7.21. The van der Waals surface area contributed by atoms with Crippen LogP contribution in [0.15, 0.2) is 72.8 Å². The molecule has 8 nitrogen and oxygen atoms in total. The summed E-state index contributed by atoms with van der Waals surface area (Å²) in [7, 11) is -1.13. The van der Waals surface area contributed by atoms with Crippen molar-refractivity contribution in [1.82, 2.24) is 9.62 Å². The first-order valence-electron chi connectivity index (χ1n) is 11.1. The normalized spacial score (nSPS) is 11.2. The quantitative estimate of drug-likeness (QED) is 0.476. The van der Waals surface area contributed by atoms with Gasteiger partial charge in [0.15, 0.2) is 0 Å². The lowest BCUT2D eigenvalue weighted by Gasteiger charge is -2.28. The molecule has 35 heavy (non-hydrogen) atoms. The molecule has 0 unspecified atom stereocenters. The first-order chi connectivity index (χ1) is 16.6. The van der Waals surface area contributed by atoms with Crippen molar-refractivity contribution in [2.24, 2.45) is 0 Å². The van der Waals surface area contributed by atoms with Gasteiger partial charge in [-0.1, -0.05) is 54.6 Å². The Morgan fingerprint density at radius 2 is 1.54 bits per heavy atom. The van der Waals surface area contributed by atoms with Crippen LogP contribution < -0.4 is 14.9 Å². The van der Waals surface area contributed by atoms with E-state index in [0.29, 0.717) is 17.9 Å². The number of hydrogen-bond acceptors (Lipinski definition) is 4. The summed E-state index contributed by atoms with van der Waals surface area (Å²) < 4.78 is 28.3. The Morgan fingerprint density at radius 1 is 0.886 bits per heavy atom. The summed E-state index contributed by atoms with van der Waals surface area (Å²) in [6.45, 7) is 3.53. The Bertz CT molecular complexity index is 1310. The average Bonchev–Trinajstić information content (AvgIpc) is 2.83. The van der Waals surface area contributed by atoms with Crippen molar-refractivity contribution in [1.29, 1.82) is 0 Å². The molecule has 0 aliphatic heterocycles.